The first-order valence-electron chi connectivity index (χ1n) is 6.53. The van der Waals surface area contributed by atoms with Crippen LogP contribution in [-0.4, -0.2) is 0 Å². The zero-order chi connectivity index (χ0) is 14.1. The maximum absolute atomic E-state index is 3.96. The number of hydrogen-bond donors (Lipinski definition) is 0. The molecule has 0 nitrogen and oxygen atoms in total. The van der Waals surface area contributed by atoms with Crippen molar-refractivity contribution in [2.24, 2.45) is 5.92 Å². The van der Waals surface area contributed by atoms with Crippen LogP contribution in [-0.2, 0) is 0 Å². The molecular weight excluding hydrogens is 240 g/mol. The van der Waals surface area contributed by atoms with Gasteiger partial charge in [0.2, 0.25) is 0 Å². The van der Waals surface area contributed by atoms with Gasteiger partial charge in [0.25, 0.3) is 0 Å². The predicted octanol–water partition coefficient (Wildman–Crippen LogP) is 6.22. The average molecular weight is 266 g/mol. The number of benzene rings is 1. The second-order valence-corrected chi connectivity index (χ2v) is 4.65. The Balaban J connectivity index is 0.00000361. The molecule has 1 aromatic rings. The molecule has 0 saturated carbocycles. The van der Waals surface area contributed by atoms with E-state index in [9.17, 15) is 0 Å². The van der Waals surface area contributed by atoms with Crippen LogP contribution in [0.4, 0.5) is 0 Å². The standard InChI is InChI=1S/C19H22.CH4/c1-5-6-10-17(4)13-14-19(15-16(2)3)18-11-8-7-9-12-18;/h5-15,17H,1-2H2,3-4H3;1H4/b10-6-,14-13+,19-15+;. The van der Waals surface area contributed by atoms with Crippen molar-refractivity contribution in [3.05, 3.63) is 91.1 Å². The van der Waals surface area contributed by atoms with Gasteiger partial charge in [0.15, 0.2) is 0 Å². The zero-order valence-electron chi connectivity index (χ0n) is 11.8. The second-order valence-electron chi connectivity index (χ2n) is 4.65. The maximum atomic E-state index is 3.96. The molecule has 0 heterocycles. The van der Waals surface area contributed by atoms with E-state index in [4.69, 9.17) is 0 Å². The van der Waals surface area contributed by atoms with Crippen LogP contribution < -0.4 is 0 Å². The van der Waals surface area contributed by atoms with E-state index in [-0.39, 0.29) is 7.43 Å². The third-order valence-electron chi connectivity index (χ3n) is 2.64. The van der Waals surface area contributed by atoms with Crippen molar-refractivity contribution >= 4 is 5.57 Å². The summed E-state index contributed by atoms with van der Waals surface area (Å²) < 4.78 is 0. The van der Waals surface area contributed by atoms with Gasteiger partial charge in [-0.3, -0.25) is 0 Å². The molecule has 20 heavy (non-hydrogen) atoms. The summed E-state index contributed by atoms with van der Waals surface area (Å²) in [6.07, 6.45) is 12.3. The van der Waals surface area contributed by atoms with E-state index in [2.05, 4.69) is 68.7 Å². The predicted molar refractivity (Wildman–Crippen MR) is 93.6 cm³/mol. The van der Waals surface area contributed by atoms with E-state index in [0.29, 0.717) is 5.92 Å². The van der Waals surface area contributed by atoms with Crippen LogP contribution in [0, 0.1) is 5.92 Å². The molecule has 1 aromatic carbocycles. The molecule has 0 aliphatic heterocycles. The fraction of sp³-hybridized carbons (Fsp3) is 0.200. The normalized spacial score (nSPS) is 13.2. The van der Waals surface area contributed by atoms with E-state index in [1.54, 1.807) is 6.08 Å². The Morgan fingerprint density at radius 1 is 1.15 bits per heavy atom. The summed E-state index contributed by atoms with van der Waals surface area (Å²) in [6.45, 7) is 11.8. The highest BCUT2D eigenvalue weighted by Crippen LogP contribution is 2.18. The lowest BCUT2D eigenvalue weighted by atomic mass is 10.0. The van der Waals surface area contributed by atoms with Crippen LogP contribution in [0.5, 0.6) is 0 Å². The highest BCUT2D eigenvalue weighted by Gasteiger charge is 1.97. The first-order chi connectivity index (χ1) is 9.13. The van der Waals surface area contributed by atoms with Crippen molar-refractivity contribution in [3.63, 3.8) is 0 Å². The Morgan fingerprint density at radius 3 is 2.35 bits per heavy atom. The molecule has 0 heteroatoms. The molecule has 0 fully saturated rings. The van der Waals surface area contributed by atoms with Gasteiger partial charge in [0.1, 0.15) is 0 Å². The first kappa shape index (κ1) is 17.9. The van der Waals surface area contributed by atoms with Gasteiger partial charge in [0.05, 0.1) is 0 Å². The largest absolute Gasteiger partial charge is 0.0991 e. The Labute approximate surface area is 124 Å². The topological polar surface area (TPSA) is 0 Å². The average Bonchev–Trinajstić information content (AvgIpc) is 2.41. The van der Waals surface area contributed by atoms with Gasteiger partial charge in [0, 0.05) is 0 Å². The van der Waals surface area contributed by atoms with E-state index >= 15 is 0 Å². The molecule has 0 bridgehead atoms. The molecule has 1 unspecified atom stereocenters. The minimum atomic E-state index is 0. The fourth-order valence-corrected chi connectivity index (χ4v) is 1.70. The van der Waals surface area contributed by atoms with Crippen LogP contribution in [0.25, 0.3) is 5.57 Å². The van der Waals surface area contributed by atoms with Gasteiger partial charge < -0.3 is 0 Å². The first-order valence-corrected chi connectivity index (χ1v) is 6.53. The summed E-state index contributed by atoms with van der Waals surface area (Å²) in [4.78, 5) is 0. The minimum Gasteiger partial charge on any atom is -0.0991 e. The van der Waals surface area contributed by atoms with Crippen molar-refractivity contribution in [3.8, 4) is 0 Å². The second kappa shape index (κ2) is 9.80. The quantitative estimate of drug-likeness (QED) is 0.536. The SMILES string of the molecule is C.C=C/C=C\C(C)/C=C/C(=C\C(=C)C)c1ccccc1. The van der Waals surface area contributed by atoms with Crippen LogP contribution in [0.15, 0.2) is 85.5 Å². The summed E-state index contributed by atoms with van der Waals surface area (Å²) in [7, 11) is 0. The van der Waals surface area contributed by atoms with Crippen LogP contribution in [0.1, 0.15) is 26.8 Å². The Hall–Kier alpha value is -2.08. The monoisotopic (exact) mass is 266 g/mol. The summed E-state index contributed by atoms with van der Waals surface area (Å²) in [5.41, 5.74) is 3.45. The van der Waals surface area contributed by atoms with Crippen LogP contribution >= 0.6 is 0 Å². The minimum absolute atomic E-state index is 0. The van der Waals surface area contributed by atoms with Gasteiger partial charge in [-0.25, -0.2) is 0 Å². The molecule has 0 radical (unpaired) electrons. The van der Waals surface area contributed by atoms with Crippen molar-refractivity contribution in [2.75, 3.05) is 0 Å². The Kier molecular flexibility index (Phi) is 8.78. The van der Waals surface area contributed by atoms with Gasteiger partial charge in [-0.2, -0.15) is 0 Å². The van der Waals surface area contributed by atoms with Gasteiger partial charge in [-0.1, -0.05) is 99.9 Å². The lowest BCUT2D eigenvalue weighted by molar-refractivity contribution is 0.941. The smallest absolute Gasteiger partial charge is 0.00754 e. The molecule has 0 saturated heterocycles. The van der Waals surface area contributed by atoms with E-state index in [1.807, 2.05) is 19.1 Å². The van der Waals surface area contributed by atoms with Gasteiger partial charge in [-0.05, 0) is 24.0 Å². The van der Waals surface area contributed by atoms with E-state index < -0.39 is 0 Å². The summed E-state index contributed by atoms with van der Waals surface area (Å²) in [5.74, 6) is 0.384. The number of hydrogen-bond acceptors (Lipinski definition) is 0. The summed E-state index contributed by atoms with van der Waals surface area (Å²) in [5, 5.41) is 0. The number of allylic oxidation sites excluding steroid dienone is 8. The molecule has 0 amide bonds. The summed E-state index contributed by atoms with van der Waals surface area (Å²) >= 11 is 0. The van der Waals surface area contributed by atoms with Crippen LogP contribution in [0.3, 0.4) is 0 Å². The highest BCUT2D eigenvalue weighted by atomic mass is 14.0. The Bertz CT molecular complexity index is 498. The molecule has 0 aliphatic rings. The van der Waals surface area contributed by atoms with E-state index in [0.717, 1.165) is 5.57 Å². The van der Waals surface area contributed by atoms with Gasteiger partial charge in [-0.15, -0.1) is 0 Å². The fourth-order valence-electron chi connectivity index (χ4n) is 1.70. The molecule has 0 aliphatic carbocycles. The molecule has 0 aromatic heterocycles. The third kappa shape index (κ3) is 6.75. The molecular formula is C20H26. The molecule has 1 rings (SSSR count). The third-order valence-corrected chi connectivity index (χ3v) is 2.64. The lowest BCUT2D eigenvalue weighted by Crippen LogP contribution is -1.85. The zero-order valence-corrected chi connectivity index (χ0v) is 11.8. The summed E-state index contributed by atoms with van der Waals surface area (Å²) in [6, 6.07) is 10.4. The number of rotatable bonds is 6. The molecule has 0 spiro atoms. The van der Waals surface area contributed by atoms with Crippen molar-refractivity contribution in [2.45, 2.75) is 21.3 Å². The van der Waals surface area contributed by atoms with E-state index in [1.165, 1.54) is 11.1 Å². The van der Waals surface area contributed by atoms with Crippen molar-refractivity contribution < 1.29 is 0 Å². The Morgan fingerprint density at radius 2 is 1.80 bits per heavy atom. The maximum Gasteiger partial charge on any atom is -0.00754 e. The lowest BCUT2D eigenvalue weighted by Gasteiger charge is -2.04. The molecule has 0 N–H and O–H groups in total. The van der Waals surface area contributed by atoms with Crippen LogP contribution in [0.2, 0.25) is 0 Å². The molecule has 1 atom stereocenters. The molecule has 106 valence electrons. The highest BCUT2D eigenvalue weighted by molar-refractivity contribution is 5.75. The van der Waals surface area contributed by atoms with Gasteiger partial charge >= 0.3 is 0 Å². The van der Waals surface area contributed by atoms with Crippen molar-refractivity contribution in [1.29, 1.82) is 0 Å². The van der Waals surface area contributed by atoms with Crippen molar-refractivity contribution in [1.82, 2.24) is 0 Å².